The van der Waals surface area contributed by atoms with Crippen LogP contribution in [0.4, 0.5) is 0 Å². The molecule has 1 fully saturated rings. The minimum absolute atomic E-state index is 0.0172. The van der Waals surface area contributed by atoms with E-state index in [0.29, 0.717) is 5.56 Å². The second kappa shape index (κ2) is 7.08. The summed E-state index contributed by atoms with van der Waals surface area (Å²) in [4.78, 5) is 12.3. The Hall–Kier alpha value is -3.20. The fraction of sp³-hybridized carbons (Fsp3) is 0.200. The Bertz CT molecular complexity index is 939. The van der Waals surface area contributed by atoms with Gasteiger partial charge in [-0.05, 0) is 28.7 Å². The molecule has 1 unspecified atom stereocenters. The van der Waals surface area contributed by atoms with Crippen LogP contribution in [0.15, 0.2) is 96.1 Å². The average Bonchev–Trinajstić information content (AvgIpc) is 3.25. The molecule has 1 aliphatic rings. The minimum Gasteiger partial charge on any atom is -0.267 e. The lowest BCUT2D eigenvalue weighted by atomic mass is 9.81. The molecule has 0 aliphatic heterocycles. The van der Waals surface area contributed by atoms with Crippen molar-refractivity contribution < 1.29 is 4.79 Å². The van der Waals surface area contributed by atoms with Crippen molar-refractivity contribution in [3.8, 4) is 0 Å². The van der Waals surface area contributed by atoms with Gasteiger partial charge in [0.1, 0.15) is 0 Å². The van der Waals surface area contributed by atoms with Gasteiger partial charge in [0.25, 0.3) is 5.91 Å². The second-order valence-corrected chi connectivity index (χ2v) is 7.82. The standard InChI is InChI=1S/C25H24N2O/c1-24(2)22(18-26-27-23(28)19-12-6-3-7-13-19)25(24,20-14-8-4-9-15-20)21-16-10-5-11-17-21/h3-18,22H,1-2H3,(H,27,28)/b26-18+. The maximum atomic E-state index is 12.3. The van der Waals surface area contributed by atoms with Gasteiger partial charge in [0.05, 0.1) is 0 Å². The van der Waals surface area contributed by atoms with Crippen molar-refractivity contribution in [3.63, 3.8) is 0 Å². The van der Waals surface area contributed by atoms with E-state index in [2.05, 4.69) is 72.9 Å². The number of benzene rings is 3. The van der Waals surface area contributed by atoms with Crippen LogP contribution in [0.3, 0.4) is 0 Å². The highest BCUT2D eigenvalue weighted by Gasteiger charge is 2.71. The zero-order chi connectivity index (χ0) is 19.6. The number of rotatable bonds is 5. The van der Waals surface area contributed by atoms with Crippen LogP contribution in [0.25, 0.3) is 0 Å². The number of carbonyl (C=O) groups is 1. The molecule has 0 radical (unpaired) electrons. The molecule has 0 heterocycles. The Morgan fingerprint density at radius 2 is 1.29 bits per heavy atom. The molecular weight excluding hydrogens is 344 g/mol. The van der Waals surface area contributed by atoms with Crippen molar-refractivity contribution in [1.29, 1.82) is 0 Å². The molecule has 4 rings (SSSR count). The van der Waals surface area contributed by atoms with Crippen LogP contribution in [-0.4, -0.2) is 12.1 Å². The molecule has 1 N–H and O–H groups in total. The van der Waals surface area contributed by atoms with Gasteiger partial charge in [-0.1, -0.05) is 92.7 Å². The molecule has 0 spiro atoms. The SMILES string of the molecule is CC1(C)C(/C=N/NC(=O)c2ccccc2)C1(c1ccccc1)c1ccccc1. The topological polar surface area (TPSA) is 41.5 Å². The molecule has 3 heteroatoms. The average molecular weight is 368 g/mol. The monoisotopic (exact) mass is 368 g/mol. The quantitative estimate of drug-likeness (QED) is 0.497. The van der Waals surface area contributed by atoms with Gasteiger partial charge in [0.2, 0.25) is 0 Å². The van der Waals surface area contributed by atoms with E-state index in [-0.39, 0.29) is 22.7 Å². The largest absolute Gasteiger partial charge is 0.271 e. The third-order valence-electron chi connectivity index (χ3n) is 6.06. The third-order valence-corrected chi connectivity index (χ3v) is 6.06. The molecule has 0 saturated heterocycles. The summed E-state index contributed by atoms with van der Waals surface area (Å²) in [6, 6.07) is 30.3. The summed E-state index contributed by atoms with van der Waals surface area (Å²) in [5, 5.41) is 4.33. The van der Waals surface area contributed by atoms with E-state index in [0.717, 1.165) is 0 Å². The molecule has 1 aliphatic carbocycles. The summed E-state index contributed by atoms with van der Waals surface area (Å²) < 4.78 is 0. The van der Waals surface area contributed by atoms with E-state index in [1.807, 2.05) is 36.5 Å². The van der Waals surface area contributed by atoms with Crippen molar-refractivity contribution in [2.45, 2.75) is 19.3 Å². The molecular formula is C25H24N2O. The molecule has 28 heavy (non-hydrogen) atoms. The van der Waals surface area contributed by atoms with E-state index in [9.17, 15) is 4.79 Å². The van der Waals surface area contributed by atoms with E-state index < -0.39 is 0 Å². The third kappa shape index (κ3) is 2.84. The van der Waals surface area contributed by atoms with Crippen LogP contribution >= 0.6 is 0 Å². The lowest BCUT2D eigenvalue weighted by Gasteiger charge is -2.22. The molecule has 140 valence electrons. The maximum Gasteiger partial charge on any atom is 0.271 e. The first kappa shape index (κ1) is 18.2. The molecule has 3 nitrogen and oxygen atoms in total. The number of nitrogens with one attached hydrogen (secondary N) is 1. The lowest BCUT2D eigenvalue weighted by molar-refractivity contribution is 0.0955. The number of hydrazone groups is 1. The van der Waals surface area contributed by atoms with Crippen LogP contribution < -0.4 is 5.43 Å². The van der Waals surface area contributed by atoms with Crippen molar-refractivity contribution >= 4 is 12.1 Å². The number of amides is 1. The maximum absolute atomic E-state index is 12.3. The van der Waals surface area contributed by atoms with E-state index in [4.69, 9.17) is 0 Å². The first-order valence-corrected chi connectivity index (χ1v) is 9.58. The highest BCUT2D eigenvalue weighted by Crippen LogP contribution is 2.71. The Morgan fingerprint density at radius 3 is 1.79 bits per heavy atom. The number of nitrogens with zero attached hydrogens (tertiary/aromatic N) is 1. The van der Waals surface area contributed by atoms with Gasteiger partial charge in [0, 0.05) is 23.1 Å². The first-order chi connectivity index (χ1) is 13.6. The normalized spacial score (nSPS) is 19.3. The van der Waals surface area contributed by atoms with Crippen molar-refractivity contribution in [2.75, 3.05) is 0 Å². The van der Waals surface area contributed by atoms with Crippen LogP contribution in [0.2, 0.25) is 0 Å². The van der Waals surface area contributed by atoms with Crippen LogP contribution in [-0.2, 0) is 5.41 Å². The van der Waals surface area contributed by atoms with Crippen LogP contribution in [0, 0.1) is 11.3 Å². The summed E-state index contributed by atoms with van der Waals surface area (Å²) in [6.07, 6.45) is 1.90. The van der Waals surface area contributed by atoms with Gasteiger partial charge >= 0.3 is 0 Å². The van der Waals surface area contributed by atoms with Gasteiger partial charge < -0.3 is 0 Å². The first-order valence-electron chi connectivity index (χ1n) is 9.58. The minimum atomic E-state index is -0.194. The Balaban J connectivity index is 1.64. The lowest BCUT2D eigenvalue weighted by Crippen LogP contribution is -2.19. The summed E-state index contributed by atoms with van der Waals surface area (Å²) in [6.45, 7) is 4.53. The predicted molar refractivity (Wildman–Crippen MR) is 113 cm³/mol. The van der Waals surface area contributed by atoms with Gasteiger partial charge in [-0.25, -0.2) is 5.43 Å². The summed E-state index contributed by atoms with van der Waals surface area (Å²) in [7, 11) is 0. The number of hydrogen-bond donors (Lipinski definition) is 1. The summed E-state index contributed by atoms with van der Waals surface area (Å²) in [5.74, 6) is -0.0128. The smallest absolute Gasteiger partial charge is 0.267 e. The molecule has 0 aromatic heterocycles. The van der Waals surface area contributed by atoms with E-state index >= 15 is 0 Å². The Morgan fingerprint density at radius 1 is 0.821 bits per heavy atom. The van der Waals surface area contributed by atoms with Crippen LogP contribution in [0.5, 0.6) is 0 Å². The van der Waals surface area contributed by atoms with Crippen molar-refractivity contribution in [3.05, 3.63) is 108 Å². The Kier molecular flexibility index (Phi) is 4.60. The molecule has 3 aromatic carbocycles. The molecule has 1 amide bonds. The Labute approximate surface area is 166 Å². The van der Waals surface area contributed by atoms with Gasteiger partial charge in [0.15, 0.2) is 0 Å². The summed E-state index contributed by atoms with van der Waals surface area (Å²) >= 11 is 0. The molecule has 1 atom stereocenters. The van der Waals surface area contributed by atoms with Gasteiger partial charge in [-0.2, -0.15) is 5.10 Å². The fourth-order valence-electron chi connectivity index (χ4n) is 4.60. The van der Waals surface area contributed by atoms with E-state index in [1.165, 1.54) is 11.1 Å². The zero-order valence-electron chi connectivity index (χ0n) is 16.2. The molecule has 3 aromatic rings. The second-order valence-electron chi connectivity index (χ2n) is 7.82. The van der Waals surface area contributed by atoms with Gasteiger partial charge in [-0.15, -0.1) is 0 Å². The highest BCUT2D eigenvalue weighted by atomic mass is 16.2. The fourth-order valence-corrected chi connectivity index (χ4v) is 4.60. The highest BCUT2D eigenvalue weighted by molar-refractivity contribution is 5.94. The molecule has 1 saturated carbocycles. The van der Waals surface area contributed by atoms with Crippen molar-refractivity contribution in [2.24, 2.45) is 16.4 Å². The zero-order valence-corrected chi connectivity index (χ0v) is 16.2. The number of hydrogen-bond acceptors (Lipinski definition) is 2. The van der Waals surface area contributed by atoms with E-state index in [1.54, 1.807) is 12.1 Å². The predicted octanol–water partition coefficient (Wildman–Crippen LogP) is 5.04. The van der Waals surface area contributed by atoms with Gasteiger partial charge in [-0.3, -0.25) is 4.79 Å². The van der Waals surface area contributed by atoms with Crippen LogP contribution in [0.1, 0.15) is 35.3 Å². The van der Waals surface area contributed by atoms with Crippen molar-refractivity contribution in [1.82, 2.24) is 5.43 Å². The number of carbonyl (C=O) groups excluding carboxylic acids is 1. The summed E-state index contributed by atoms with van der Waals surface area (Å²) in [5.41, 5.74) is 5.66. The molecule has 0 bridgehead atoms.